The van der Waals surface area contributed by atoms with Gasteiger partial charge in [0.1, 0.15) is 10.6 Å². The van der Waals surface area contributed by atoms with Crippen LogP contribution in [0, 0.1) is 13.8 Å². The molecule has 0 aromatic heterocycles. The molecule has 0 aliphatic heterocycles. The van der Waals surface area contributed by atoms with E-state index in [4.69, 9.17) is 10.5 Å². The minimum atomic E-state index is -3.76. The average molecular weight is 557 g/mol. The van der Waals surface area contributed by atoms with E-state index in [0.29, 0.717) is 24.5 Å². The van der Waals surface area contributed by atoms with Crippen LogP contribution in [0.3, 0.4) is 0 Å². The van der Waals surface area contributed by atoms with Gasteiger partial charge in [0.05, 0.1) is 11.4 Å². The summed E-state index contributed by atoms with van der Waals surface area (Å²) in [7, 11) is -3.76. The summed E-state index contributed by atoms with van der Waals surface area (Å²) >= 11 is 0. The number of carbonyl (C=O) groups is 1. The number of sulfone groups is 1. The molecule has 1 amide bonds. The van der Waals surface area contributed by atoms with Crippen molar-refractivity contribution < 1.29 is 17.9 Å². The first-order valence-corrected chi connectivity index (χ1v) is 15.1. The number of aryl methyl sites for hydroxylation is 2. The van der Waals surface area contributed by atoms with Gasteiger partial charge in [-0.2, -0.15) is 0 Å². The molecule has 208 valence electrons. The molecule has 0 heterocycles. The standard InChI is InChI=1S/C33H36N2O4S/c1-4-40(37,38)31-23-28(33(34)36)22-30(32(31)39-29-8-6-5-7-9-29)35(20-18-26-14-10-24(2)11-15-26)21-19-27-16-12-25(3)13-17-27/h5-17,22-23H,4,18-21H2,1-3H3,(H2,34,36). The number of amides is 1. The summed E-state index contributed by atoms with van der Waals surface area (Å²) in [5.41, 5.74) is 11.0. The molecule has 6 nitrogen and oxygen atoms in total. The smallest absolute Gasteiger partial charge is 0.248 e. The maximum atomic E-state index is 13.3. The molecule has 0 atom stereocenters. The van der Waals surface area contributed by atoms with E-state index in [-0.39, 0.29) is 22.0 Å². The fourth-order valence-corrected chi connectivity index (χ4v) is 5.50. The van der Waals surface area contributed by atoms with Gasteiger partial charge in [-0.3, -0.25) is 4.79 Å². The summed E-state index contributed by atoms with van der Waals surface area (Å²) in [6, 6.07) is 28.8. The topological polar surface area (TPSA) is 89.7 Å². The minimum Gasteiger partial charge on any atom is -0.454 e. The van der Waals surface area contributed by atoms with E-state index in [1.807, 2.05) is 18.2 Å². The maximum Gasteiger partial charge on any atom is 0.248 e. The Balaban J connectivity index is 1.84. The highest BCUT2D eigenvalue weighted by atomic mass is 32.2. The molecule has 40 heavy (non-hydrogen) atoms. The van der Waals surface area contributed by atoms with Crippen LogP contribution >= 0.6 is 0 Å². The summed E-state index contributed by atoms with van der Waals surface area (Å²) in [4.78, 5) is 14.5. The SMILES string of the molecule is CCS(=O)(=O)c1cc(C(N)=O)cc(N(CCc2ccc(C)cc2)CCc2ccc(C)cc2)c1Oc1ccccc1. The number of nitrogens with two attached hydrogens (primary N) is 1. The fourth-order valence-electron chi connectivity index (χ4n) is 4.45. The first kappa shape index (κ1) is 28.9. The highest BCUT2D eigenvalue weighted by Gasteiger charge is 2.27. The second kappa shape index (κ2) is 12.8. The molecule has 7 heteroatoms. The van der Waals surface area contributed by atoms with Crippen molar-refractivity contribution in [2.45, 2.75) is 38.5 Å². The molecule has 2 N–H and O–H groups in total. The Labute approximate surface area is 237 Å². The Hall–Kier alpha value is -4.10. The number of benzene rings is 4. The number of hydrogen-bond acceptors (Lipinski definition) is 5. The fraction of sp³-hybridized carbons (Fsp3) is 0.242. The van der Waals surface area contributed by atoms with Crippen molar-refractivity contribution in [2.24, 2.45) is 5.73 Å². The van der Waals surface area contributed by atoms with Crippen molar-refractivity contribution in [3.8, 4) is 11.5 Å². The van der Waals surface area contributed by atoms with Crippen LogP contribution in [0.4, 0.5) is 5.69 Å². The molecule has 4 aromatic carbocycles. The van der Waals surface area contributed by atoms with Crippen molar-refractivity contribution in [3.05, 3.63) is 119 Å². The number of nitrogens with zero attached hydrogens (tertiary/aromatic N) is 1. The molecule has 0 bridgehead atoms. The van der Waals surface area contributed by atoms with Crippen LogP contribution in [0.5, 0.6) is 11.5 Å². The van der Waals surface area contributed by atoms with Crippen LogP contribution in [0.25, 0.3) is 0 Å². The van der Waals surface area contributed by atoms with Crippen LogP contribution < -0.4 is 15.4 Å². The first-order chi connectivity index (χ1) is 19.2. The monoisotopic (exact) mass is 556 g/mol. The summed E-state index contributed by atoms with van der Waals surface area (Å²) in [5, 5.41) is 0. The number of hydrogen-bond donors (Lipinski definition) is 1. The van der Waals surface area contributed by atoms with Crippen molar-refractivity contribution in [3.63, 3.8) is 0 Å². The largest absolute Gasteiger partial charge is 0.454 e. The van der Waals surface area contributed by atoms with Gasteiger partial charge in [0.25, 0.3) is 0 Å². The van der Waals surface area contributed by atoms with E-state index >= 15 is 0 Å². The summed E-state index contributed by atoms with van der Waals surface area (Å²) in [5.74, 6) is -0.143. The van der Waals surface area contributed by atoms with Crippen molar-refractivity contribution in [1.29, 1.82) is 0 Å². The van der Waals surface area contributed by atoms with Gasteiger partial charge < -0.3 is 15.4 Å². The molecule has 4 rings (SSSR count). The van der Waals surface area contributed by atoms with E-state index in [1.54, 1.807) is 25.1 Å². The van der Waals surface area contributed by atoms with Gasteiger partial charge in [-0.25, -0.2) is 8.42 Å². The molecule has 0 aliphatic carbocycles. The summed E-state index contributed by atoms with van der Waals surface area (Å²) in [6.07, 6.45) is 1.44. The van der Waals surface area contributed by atoms with E-state index < -0.39 is 15.7 Å². The predicted molar refractivity (Wildman–Crippen MR) is 161 cm³/mol. The average Bonchev–Trinajstić information content (AvgIpc) is 2.95. The molecular weight excluding hydrogens is 520 g/mol. The Morgan fingerprint density at radius 1 is 0.800 bits per heavy atom. The Morgan fingerprint density at radius 3 is 1.80 bits per heavy atom. The lowest BCUT2D eigenvalue weighted by Gasteiger charge is -2.29. The van der Waals surface area contributed by atoms with E-state index in [0.717, 1.165) is 24.0 Å². The number of ether oxygens (including phenoxy) is 1. The third kappa shape index (κ3) is 7.30. The van der Waals surface area contributed by atoms with E-state index in [9.17, 15) is 13.2 Å². The van der Waals surface area contributed by atoms with Crippen molar-refractivity contribution in [2.75, 3.05) is 23.7 Å². The van der Waals surface area contributed by atoms with Gasteiger partial charge in [0, 0.05) is 18.7 Å². The van der Waals surface area contributed by atoms with Crippen LogP contribution in [-0.4, -0.2) is 33.2 Å². The van der Waals surface area contributed by atoms with Gasteiger partial charge in [0.2, 0.25) is 5.91 Å². The molecule has 0 unspecified atom stereocenters. The van der Waals surface area contributed by atoms with Gasteiger partial charge in [-0.15, -0.1) is 0 Å². The lowest BCUT2D eigenvalue weighted by atomic mass is 10.1. The Kier molecular flexibility index (Phi) is 9.27. The van der Waals surface area contributed by atoms with Crippen LogP contribution in [0.1, 0.15) is 39.5 Å². The zero-order valence-corrected chi connectivity index (χ0v) is 24.1. The third-order valence-corrected chi connectivity index (χ3v) is 8.65. The number of anilines is 1. The second-order valence-electron chi connectivity index (χ2n) is 9.96. The first-order valence-electron chi connectivity index (χ1n) is 13.5. The summed E-state index contributed by atoms with van der Waals surface area (Å²) < 4.78 is 33.0. The van der Waals surface area contributed by atoms with Gasteiger partial charge in [0.15, 0.2) is 15.6 Å². The number of rotatable bonds is 12. The molecule has 0 spiro atoms. The highest BCUT2D eigenvalue weighted by Crippen LogP contribution is 2.40. The molecule has 0 aliphatic rings. The van der Waals surface area contributed by atoms with Gasteiger partial charge in [-0.05, 0) is 62.1 Å². The van der Waals surface area contributed by atoms with Crippen molar-refractivity contribution >= 4 is 21.4 Å². The van der Waals surface area contributed by atoms with Crippen molar-refractivity contribution in [1.82, 2.24) is 0 Å². The highest BCUT2D eigenvalue weighted by molar-refractivity contribution is 7.91. The number of carbonyl (C=O) groups excluding carboxylic acids is 1. The minimum absolute atomic E-state index is 0.0409. The molecular formula is C33H36N2O4S. The Morgan fingerprint density at radius 2 is 1.32 bits per heavy atom. The zero-order chi connectivity index (χ0) is 28.7. The third-order valence-electron chi connectivity index (χ3n) is 6.92. The zero-order valence-electron chi connectivity index (χ0n) is 23.3. The lowest BCUT2D eigenvalue weighted by Crippen LogP contribution is -2.29. The molecule has 0 radical (unpaired) electrons. The quantitative estimate of drug-likeness (QED) is 0.222. The molecule has 0 fully saturated rings. The van der Waals surface area contributed by atoms with Crippen LogP contribution in [0.2, 0.25) is 0 Å². The van der Waals surface area contributed by atoms with Gasteiger partial charge >= 0.3 is 0 Å². The van der Waals surface area contributed by atoms with Gasteiger partial charge in [-0.1, -0.05) is 84.8 Å². The lowest BCUT2D eigenvalue weighted by molar-refractivity contribution is 0.1000. The number of para-hydroxylation sites is 1. The molecule has 0 saturated carbocycles. The molecule has 4 aromatic rings. The van der Waals surface area contributed by atoms with Crippen LogP contribution in [0.15, 0.2) is 95.9 Å². The summed E-state index contributed by atoms with van der Waals surface area (Å²) in [6.45, 7) is 6.83. The molecule has 0 saturated heterocycles. The normalized spacial score (nSPS) is 11.3. The number of primary amides is 1. The second-order valence-corrected chi connectivity index (χ2v) is 12.2. The Bertz CT molecular complexity index is 1500. The maximum absolute atomic E-state index is 13.3. The van der Waals surface area contributed by atoms with E-state index in [1.165, 1.54) is 17.2 Å². The van der Waals surface area contributed by atoms with E-state index in [2.05, 4.69) is 67.3 Å². The van der Waals surface area contributed by atoms with Crippen LogP contribution in [-0.2, 0) is 22.7 Å². The predicted octanol–water partition coefficient (Wildman–Crippen LogP) is 6.28.